The van der Waals surface area contributed by atoms with Gasteiger partial charge in [-0.05, 0) is 12.8 Å². The van der Waals surface area contributed by atoms with Crippen molar-refractivity contribution in [3.8, 4) is 0 Å². The highest BCUT2D eigenvalue weighted by atomic mass is 28.3. The summed E-state index contributed by atoms with van der Waals surface area (Å²) in [7, 11) is -0.435. The molecule has 0 aromatic heterocycles. The van der Waals surface area contributed by atoms with Crippen LogP contribution in [0.2, 0.25) is 13.1 Å². The third-order valence-electron chi connectivity index (χ3n) is 3.25. The first-order valence-corrected chi connectivity index (χ1v) is 10.9. The van der Waals surface area contributed by atoms with Crippen LogP contribution in [-0.4, -0.2) is 8.80 Å². The Balaban J connectivity index is 2.99. The Labute approximate surface area is 112 Å². The molecule has 0 spiro atoms. The Kier molecular flexibility index (Phi) is 14.0. The van der Waals surface area contributed by atoms with Crippen LogP contribution in [0.5, 0.6) is 0 Å². The molecular weight excluding hydrogens is 220 g/mol. The van der Waals surface area contributed by atoms with Crippen molar-refractivity contribution in [2.75, 3.05) is 0 Å². The van der Waals surface area contributed by atoms with Gasteiger partial charge in [-0.1, -0.05) is 83.9 Å². The summed E-state index contributed by atoms with van der Waals surface area (Å²) in [5, 5.41) is 0. The maximum atomic E-state index is 2.47. The SMILES string of the molecule is CCCCCCCCCCCCC=C[SiH](C)C. The molecule has 1 heteroatoms. The minimum absolute atomic E-state index is 0.435. The zero-order chi connectivity index (χ0) is 12.8. The largest absolute Gasteiger partial charge is 0.102 e. The fourth-order valence-corrected chi connectivity index (χ4v) is 2.85. The van der Waals surface area contributed by atoms with Crippen LogP contribution in [0.1, 0.15) is 77.6 Å². The maximum absolute atomic E-state index is 2.47. The number of allylic oxidation sites excluding steroid dienone is 1. The first-order chi connectivity index (χ1) is 8.27. The molecule has 0 aliphatic heterocycles. The molecule has 17 heavy (non-hydrogen) atoms. The van der Waals surface area contributed by atoms with E-state index in [0.717, 1.165) is 0 Å². The van der Waals surface area contributed by atoms with Gasteiger partial charge in [-0.2, -0.15) is 0 Å². The average Bonchev–Trinajstić information content (AvgIpc) is 2.30. The Morgan fingerprint density at radius 3 is 1.65 bits per heavy atom. The summed E-state index contributed by atoms with van der Waals surface area (Å²) in [4.78, 5) is 0. The lowest BCUT2D eigenvalue weighted by molar-refractivity contribution is 0.557. The van der Waals surface area contributed by atoms with E-state index in [2.05, 4.69) is 31.8 Å². The van der Waals surface area contributed by atoms with Crippen molar-refractivity contribution in [3.05, 3.63) is 11.8 Å². The van der Waals surface area contributed by atoms with Crippen molar-refractivity contribution in [3.63, 3.8) is 0 Å². The zero-order valence-electron chi connectivity index (χ0n) is 12.5. The molecule has 0 aliphatic carbocycles. The van der Waals surface area contributed by atoms with Crippen molar-refractivity contribution in [1.82, 2.24) is 0 Å². The minimum atomic E-state index is -0.435. The van der Waals surface area contributed by atoms with E-state index in [0.29, 0.717) is 0 Å². The molecule has 0 fully saturated rings. The highest BCUT2D eigenvalue weighted by Crippen LogP contribution is 2.11. The Bertz CT molecular complexity index is 161. The maximum Gasteiger partial charge on any atom is 0.0549 e. The highest BCUT2D eigenvalue weighted by Gasteiger charge is 1.92. The normalized spacial score (nSPS) is 11.8. The second kappa shape index (κ2) is 14.0. The molecular formula is C16H34Si. The Hall–Kier alpha value is -0.0431. The molecule has 0 atom stereocenters. The van der Waals surface area contributed by atoms with Gasteiger partial charge in [-0.25, -0.2) is 0 Å². The second-order valence-corrected chi connectivity index (χ2v) is 8.52. The molecule has 0 radical (unpaired) electrons. The third-order valence-corrected chi connectivity index (χ3v) is 4.29. The van der Waals surface area contributed by atoms with Gasteiger partial charge >= 0.3 is 0 Å². The van der Waals surface area contributed by atoms with Crippen LogP contribution >= 0.6 is 0 Å². The van der Waals surface area contributed by atoms with E-state index in [9.17, 15) is 0 Å². The highest BCUT2D eigenvalue weighted by molar-refractivity contribution is 6.61. The lowest BCUT2D eigenvalue weighted by Crippen LogP contribution is -1.91. The summed E-state index contributed by atoms with van der Waals surface area (Å²) in [6.07, 6.45) is 18.2. The molecule has 0 amide bonds. The standard InChI is InChI=1S/C16H34Si/c1-4-5-6-7-8-9-10-11-12-13-14-15-16-17(2)3/h15-17H,4-14H2,1-3H3. The van der Waals surface area contributed by atoms with Gasteiger partial charge in [0.05, 0.1) is 8.80 Å². The summed E-state index contributed by atoms with van der Waals surface area (Å²) in [5.41, 5.74) is 2.47. The number of hydrogen-bond donors (Lipinski definition) is 0. The quantitative estimate of drug-likeness (QED) is 0.301. The molecule has 102 valence electrons. The Morgan fingerprint density at radius 2 is 1.18 bits per heavy atom. The smallest absolute Gasteiger partial charge is 0.0549 e. The molecule has 0 aromatic rings. The van der Waals surface area contributed by atoms with E-state index in [1.807, 2.05) is 0 Å². The van der Waals surface area contributed by atoms with Gasteiger partial charge in [0, 0.05) is 0 Å². The molecule has 0 aromatic carbocycles. The van der Waals surface area contributed by atoms with E-state index in [-0.39, 0.29) is 0 Å². The summed E-state index contributed by atoms with van der Waals surface area (Å²) in [6, 6.07) is 0. The summed E-state index contributed by atoms with van der Waals surface area (Å²) in [5.74, 6) is 0. The molecule has 0 heterocycles. The monoisotopic (exact) mass is 254 g/mol. The Morgan fingerprint density at radius 1 is 0.706 bits per heavy atom. The van der Waals surface area contributed by atoms with E-state index >= 15 is 0 Å². The average molecular weight is 255 g/mol. The molecule has 0 saturated carbocycles. The molecule has 0 saturated heterocycles. The first kappa shape index (κ1) is 17.0. The molecule has 0 aliphatic rings. The summed E-state index contributed by atoms with van der Waals surface area (Å²) < 4.78 is 0. The van der Waals surface area contributed by atoms with Gasteiger partial charge < -0.3 is 0 Å². The van der Waals surface area contributed by atoms with E-state index in [1.165, 1.54) is 70.6 Å². The lowest BCUT2D eigenvalue weighted by Gasteiger charge is -2.01. The number of unbranched alkanes of at least 4 members (excludes halogenated alkanes) is 10. The minimum Gasteiger partial charge on any atom is -0.102 e. The van der Waals surface area contributed by atoms with E-state index < -0.39 is 8.80 Å². The van der Waals surface area contributed by atoms with Crippen molar-refractivity contribution in [2.24, 2.45) is 0 Å². The molecule has 0 N–H and O–H groups in total. The molecule has 0 unspecified atom stereocenters. The van der Waals surface area contributed by atoms with E-state index in [4.69, 9.17) is 0 Å². The van der Waals surface area contributed by atoms with Gasteiger partial charge in [-0.3, -0.25) is 0 Å². The van der Waals surface area contributed by atoms with Crippen molar-refractivity contribution in [2.45, 2.75) is 90.6 Å². The third kappa shape index (κ3) is 16.0. The second-order valence-electron chi connectivity index (χ2n) is 5.64. The van der Waals surface area contributed by atoms with Crippen LogP contribution in [0.3, 0.4) is 0 Å². The van der Waals surface area contributed by atoms with Crippen molar-refractivity contribution >= 4 is 8.80 Å². The fraction of sp³-hybridized carbons (Fsp3) is 0.875. The van der Waals surface area contributed by atoms with Gasteiger partial charge in [0.1, 0.15) is 0 Å². The van der Waals surface area contributed by atoms with Gasteiger partial charge in [-0.15, -0.1) is 5.70 Å². The zero-order valence-corrected chi connectivity index (χ0v) is 13.7. The van der Waals surface area contributed by atoms with Gasteiger partial charge in [0.15, 0.2) is 0 Å². The van der Waals surface area contributed by atoms with Crippen LogP contribution in [0, 0.1) is 0 Å². The predicted molar refractivity (Wildman–Crippen MR) is 84.5 cm³/mol. The molecule has 0 bridgehead atoms. The number of hydrogen-bond acceptors (Lipinski definition) is 0. The fourth-order valence-electron chi connectivity index (χ4n) is 2.12. The van der Waals surface area contributed by atoms with Gasteiger partial charge in [0.2, 0.25) is 0 Å². The van der Waals surface area contributed by atoms with Crippen molar-refractivity contribution < 1.29 is 0 Å². The van der Waals surface area contributed by atoms with Crippen LogP contribution in [0.15, 0.2) is 11.8 Å². The van der Waals surface area contributed by atoms with Crippen LogP contribution in [-0.2, 0) is 0 Å². The van der Waals surface area contributed by atoms with Crippen LogP contribution < -0.4 is 0 Å². The molecule has 0 nitrogen and oxygen atoms in total. The molecule has 0 rings (SSSR count). The van der Waals surface area contributed by atoms with E-state index in [1.54, 1.807) is 0 Å². The van der Waals surface area contributed by atoms with Crippen LogP contribution in [0.25, 0.3) is 0 Å². The van der Waals surface area contributed by atoms with Crippen LogP contribution in [0.4, 0.5) is 0 Å². The van der Waals surface area contributed by atoms with Crippen molar-refractivity contribution in [1.29, 1.82) is 0 Å². The number of rotatable bonds is 12. The topological polar surface area (TPSA) is 0 Å². The lowest BCUT2D eigenvalue weighted by atomic mass is 10.1. The summed E-state index contributed by atoms with van der Waals surface area (Å²) >= 11 is 0. The van der Waals surface area contributed by atoms with Gasteiger partial charge in [0.25, 0.3) is 0 Å². The first-order valence-electron chi connectivity index (χ1n) is 7.94. The summed E-state index contributed by atoms with van der Waals surface area (Å²) in [6.45, 7) is 7.06. The predicted octanol–water partition coefficient (Wildman–Crippen LogP) is 5.88.